The van der Waals surface area contributed by atoms with Crippen LogP contribution in [0.2, 0.25) is 5.02 Å². The normalized spacial score (nSPS) is 11.5. The number of amides is 2. The van der Waals surface area contributed by atoms with Gasteiger partial charge < -0.3 is 19.7 Å². The Morgan fingerprint density at radius 2 is 1.60 bits per heavy atom. The predicted molar refractivity (Wildman–Crippen MR) is 137 cm³/mol. The van der Waals surface area contributed by atoms with Crippen molar-refractivity contribution >= 4 is 23.4 Å². The lowest BCUT2D eigenvalue weighted by atomic mass is 10.0. The maximum atomic E-state index is 13.5. The molecule has 3 rings (SSSR count). The average molecular weight is 495 g/mol. The third-order valence-electron chi connectivity index (χ3n) is 5.35. The van der Waals surface area contributed by atoms with Crippen LogP contribution in [0.1, 0.15) is 30.5 Å². The summed E-state index contributed by atoms with van der Waals surface area (Å²) >= 11 is 6.20. The van der Waals surface area contributed by atoms with Crippen LogP contribution in [0.25, 0.3) is 0 Å². The Labute approximate surface area is 211 Å². The fourth-order valence-electron chi connectivity index (χ4n) is 3.62. The summed E-state index contributed by atoms with van der Waals surface area (Å²) in [5.74, 6) is -0.166. The fraction of sp³-hybridized carbons (Fsp3) is 0.286. The van der Waals surface area contributed by atoms with Crippen molar-refractivity contribution in [3.8, 4) is 5.75 Å². The molecule has 1 unspecified atom stereocenters. The van der Waals surface area contributed by atoms with Gasteiger partial charge >= 0.3 is 0 Å². The Balaban J connectivity index is 1.85. The van der Waals surface area contributed by atoms with Crippen molar-refractivity contribution in [1.82, 2.24) is 10.2 Å². The number of benzene rings is 3. The topological polar surface area (TPSA) is 67.9 Å². The number of ether oxygens (including phenoxy) is 2. The van der Waals surface area contributed by atoms with Crippen molar-refractivity contribution in [3.05, 3.63) is 101 Å². The first-order valence-corrected chi connectivity index (χ1v) is 12.1. The summed E-state index contributed by atoms with van der Waals surface area (Å²) in [5, 5.41) is 3.39. The molecule has 1 N–H and O–H groups in total. The van der Waals surface area contributed by atoms with Crippen molar-refractivity contribution in [1.29, 1.82) is 0 Å². The Bertz CT molecular complexity index is 1060. The standard InChI is InChI=1S/C28H31ClN2O4/c1-2-34-19-11-18-30-28(33)27(23-14-7-4-8-15-23)31(20-22-12-5-3-6-13-22)26(32)21-35-25-17-10-9-16-24(25)29/h3-10,12-17,27H,2,11,18-21H2,1H3,(H,30,33). The van der Waals surface area contributed by atoms with E-state index in [0.717, 1.165) is 11.1 Å². The van der Waals surface area contributed by atoms with Gasteiger partial charge in [0, 0.05) is 26.3 Å². The van der Waals surface area contributed by atoms with Gasteiger partial charge in [-0.1, -0.05) is 84.4 Å². The second-order valence-electron chi connectivity index (χ2n) is 7.88. The smallest absolute Gasteiger partial charge is 0.261 e. The van der Waals surface area contributed by atoms with Crippen LogP contribution in [0.4, 0.5) is 0 Å². The zero-order valence-electron chi connectivity index (χ0n) is 19.9. The van der Waals surface area contributed by atoms with Gasteiger partial charge in [0.25, 0.3) is 5.91 Å². The monoisotopic (exact) mass is 494 g/mol. The number of halogens is 1. The summed E-state index contributed by atoms with van der Waals surface area (Å²) in [7, 11) is 0. The van der Waals surface area contributed by atoms with Crippen LogP contribution in [-0.4, -0.2) is 43.1 Å². The lowest BCUT2D eigenvalue weighted by molar-refractivity contribution is -0.143. The van der Waals surface area contributed by atoms with Gasteiger partial charge in [-0.2, -0.15) is 0 Å². The van der Waals surface area contributed by atoms with Crippen LogP contribution in [0.15, 0.2) is 84.9 Å². The molecule has 0 bridgehead atoms. The van der Waals surface area contributed by atoms with Crippen LogP contribution in [0.3, 0.4) is 0 Å². The largest absolute Gasteiger partial charge is 0.482 e. The number of rotatable bonds is 13. The Hall–Kier alpha value is -3.35. The minimum atomic E-state index is -0.828. The van der Waals surface area contributed by atoms with Gasteiger partial charge in [-0.3, -0.25) is 9.59 Å². The molecule has 0 spiro atoms. The van der Waals surface area contributed by atoms with E-state index in [2.05, 4.69) is 5.32 Å². The first-order chi connectivity index (χ1) is 17.1. The predicted octanol–water partition coefficient (Wildman–Crippen LogP) is 5.03. The molecule has 1 atom stereocenters. The van der Waals surface area contributed by atoms with Crippen molar-refractivity contribution in [2.45, 2.75) is 25.9 Å². The quantitative estimate of drug-likeness (QED) is 0.338. The summed E-state index contributed by atoms with van der Waals surface area (Å²) in [5.41, 5.74) is 1.63. The zero-order valence-corrected chi connectivity index (χ0v) is 20.6. The first-order valence-electron chi connectivity index (χ1n) is 11.7. The van der Waals surface area contributed by atoms with Crippen LogP contribution < -0.4 is 10.1 Å². The van der Waals surface area contributed by atoms with Crippen molar-refractivity contribution < 1.29 is 19.1 Å². The minimum Gasteiger partial charge on any atom is -0.482 e. The Morgan fingerprint density at radius 3 is 2.29 bits per heavy atom. The lowest BCUT2D eigenvalue weighted by Gasteiger charge is -2.31. The van der Waals surface area contributed by atoms with Crippen LogP contribution in [0, 0.1) is 0 Å². The van der Waals surface area contributed by atoms with E-state index in [9.17, 15) is 9.59 Å². The molecule has 3 aromatic rings. The summed E-state index contributed by atoms with van der Waals surface area (Å²) in [4.78, 5) is 28.5. The van der Waals surface area contributed by atoms with Gasteiger partial charge in [-0.25, -0.2) is 0 Å². The SMILES string of the molecule is CCOCCCNC(=O)C(c1ccccc1)N(Cc1ccccc1)C(=O)COc1ccccc1Cl. The highest BCUT2D eigenvalue weighted by Gasteiger charge is 2.31. The molecule has 0 fully saturated rings. The molecule has 7 heteroatoms. The lowest BCUT2D eigenvalue weighted by Crippen LogP contribution is -2.45. The van der Waals surface area contributed by atoms with E-state index in [1.165, 1.54) is 0 Å². The molecule has 6 nitrogen and oxygen atoms in total. The number of hydrogen-bond donors (Lipinski definition) is 1. The van der Waals surface area contributed by atoms with Crippen molar-refractivity contribution in [2.24, 2.45) is 0 Å². The highest BCUT2D eigenvalue weighted by atomic mass is 35.5. The molecule has 0 aliphatic heterocycles. The number of hydrogen-bond acceptors (Lipinski definition) is 4. The van der Waals surface area contributed by atoms with Gasteiger partial charge in [0.15, 0.2) is 6.61 Å². The van der Waals surface area contributed by atoms with Gasteiger partial charge in [0.2, 0.25) is 5.91 Å². The van der Waals surface area contributed by atoms with E-state index >= 15 is 0 Å². The summed E-state index contributed by atoms with van der Waals surface area (Å²) in [6, 6.07) is 25.0. The first kappa shape index (κ1) is 26.3. The molecule has 0 aromatic heterocycles. The van der Waals surface area contributed by atoms with Gasteiger partial charge in [-0.15, -0.1) is 0 Å². The second-order valence-corrected chi connectivity index (χ2v) is 8.29. The van der Waals surface area contributed by atoms with Gasteiger partial charge in [0.1, 0.15) is 11.8 Å². The highest BCUT2D eigenvalue weighted by Crippen LogP contribution is 2.26. The summed E-state index contributed by atoms with van der Waals surface area (Å²) in [6.07, 6.45) is 0.684. The number of nitrogens with one attached hydrogen (secondary N) is 1. The number of carbonyl (C=O) groups is 2. The molecule has 0 aliphatic carbocycles. The maximum Gasteiger partial charge on any atom is 0.261 e. The second kappa shape index (κ2) is 14.1. The molecule has 0 saturated carbocycles. The molecule has 0 radical (unpaired) electrons. The minimum absolute atomic E-state index is 0.248. The molecule has 184 valence electrons. The number of nitrogens with zero attached hydrogens (tertiary/aromatic N) is 1. The average Bonchev–Trinajstić information content (AvgIpc) is 2.89. The third kappa shape index (κ3) is 8.12. The van der Waals surface area contributed by atoms with E-state index in [-0.39, 0.29) is 25.0 Å². The van der Waals surface area contributed by atoms with Crippen LogP contribution >= 0.6 is 11.6 Å². The molecule has 0 heterocycles. The number of carbonyl (C=O) groups excluding carboxylic acids is 2. The van der Waals surface area contributed by atoms with E-state index in [1.807, 2.05) is 67.6 Å². The Kier molecular flexibility index (Phi) is 10.6. The van der Waals surface area contributed by atoms with Gasteiger partial charge in [0.05, 0.1) is 5.02 Å². The molecule has 3 aromatic carbocycles. The van der Waals surface area contributed by atoms with Gasteiger partial charge in [-0.05, 0) is 36.6 Å². The Morgan fingerprint density at radius 1 is 0.943 bits per heavy atom. The zero-order chi connectivity index (χ0) is 24.9. The van der Waals surface area contributed by atoms with E-state index in [0.29, 0.717) is 37.0 Å². The summed E-state index contributed by atoms with van der Waals surface area (Å²) in [6.45, 7) is 3.57. The molecular formula is C28H31ClN2O4. The van der Waals surface area contributed by atoms with Crippen LogP contribution in [0.5, 0.6) is 5.75 Å². The van der Waals surface area contributed by atoms with E-state index in [1.54, 1.807) is 29.2 Å². The highest BCUT2D eigenvalue weighted by molar-refractivity contribution is 6.32. The molecule has 0 saturated heterocycles. The maximum absolute atomic E-state index is 13.5. The van der Waals surface area contributed by atoms with Crippen molar-refractivity contribution in [2.75, 3.05) is 26.4 Å². The number of para-hydroxylation sites is 1. The molecule has 2 amide bonds. The molecule has 0 aliphatic rings. The third-order valence-corrected chi connectivity index (χ3v) is 5.66. The van der Waals surface area contributed by atoms with Crippen LogP contribution in [-0.2, 0) is 20.9 Å². The fourth-order valence-corrected chi connectivity index (χ4v) is 3.81. The molecule has 35 heavy (non-hydrogen) atoms. The van der Waals surface area contributed by atoms with E-state index in [4.69, 9.17) is 21.1 Å². The molecular weight excluding hydrogens is 464 g/mol. The van der Waals surface area contributed by atoms with Crippen molar-refractivity contribution in [3.63, 3.8) is 0 Å². The van der Waals surface area contributed by atoms with E-state index < -0.39 is 6.04 Å². The summed E-state index contributed by atoms with van der Waals surface area (Å²) < 4.78 is 11.1.